The lowest BCUT2D eigenvalue weighted by atomic mass is 10.0. The van der Waals surface area contributed by atoms with Crippen molar-refractivity contribution in [2.75, 3.05) is 5.32 Å². The van der Waals surface area contributed by atoms with Crippen molar-refractivity contribution in [3.8, 4) is 0 Å². The highest BCUT2D eigenvalue weighted by Gasteiger charge is 2.12. The van der Waals surface area contributed by atoms with Crippen molar-refractivity contribution in [3.05, 3.63) is 64.7 Å². The topological polar surface area (TPSA) is 12.0 Å². The molecule has 2 heteroatoms. The monoisotopic (exact) mass is 287 g/mol. The summed E-state index contributed by atoms with van der Waals surface area (Å²) in [5.74, 6) is 0. The summed E-state index contributed by atoms with van der Waals surface area (Å²) in [7, 11) is 0. The standard InChI is InChI=1S/C18H22ClN/c1-3-4-10-17(15-8-6-5-7-9-15)20-18-12-11-14(2)13-16(18)19/h5-9,11-13,17,20H,3-4,10H2,1-2H3. The molecule has 20 heavy (non-hydrogen) atoms. The maximum absolute atomic E-state index is 6.33. The Kier molecular flexibility index (Phi) is 5.49. The van der Waals surface area contributed by atoms with Crippen molar-refractivity contribution < 1.29 is 0 Å². The summed E-state index contributed by atoms with van der Waals surface area (Å²) >= 11 is 6.33. The van der Waals surface area contributed by atoms with E-state index >= 15 is 0 Å². The van der Waals surface area contributed by atoms with Crippen molar-refractivity contribution in [3.63, 3.8) is 0 Å². The van der Waals surface area contributed by atoms with Gasteiger partial charge in [-0.2, -0.15) is 0 Å². The molecular weight excluding hydrogens is 266 g/mol. The minimum Gasteiger partial charge on any atom is -0.377 e. The molecule has 0 radical (unpaired) electrons. The molecule has 0 aliphatic carbocycles. The first-order valence-electron chi connectivity index (χ1n) is 7.28. The molecule has 1 N–H and O–H groups in total. The van der Waals surface area contributed by atoms with Crippen LogP contribution in [0.1, 0.15) is 43.4 Å². The van der Waals surface area contributed by atoms with Crippen LogP contribution in [0.3, 0.4) is 0 Å². The average molecular weight is 288 g/mol. The van der Waals surface area contributed by atoms with Gasteiger partial charge in [0.2, 0.25) is 0 Å². The maximum Gasteiger partial charge on any atom is 0.0640 e. The molecule has 2 rings (SSSR count). The molecule has 0 aromatic heterocycles. The lowest BCUT2D eigenvalue weighted by Gasteiger charge is -2.21. The third-order valence-corrected chi connectivity index (χ3v) is 3.82. The van der Waals surface area contributed by atoms with Gasteiger partial charge in [-0.25, -0.2) is 0 Å². The van der Waals surface area contributed by atoms with E-state index in [2.05, 4.69) is 61.6 Å². The molecule has 0 heterocycles. The third kappa shape index (κ3) is 4.01. The molecule has 0 amide bonds. The van der Waals surface area contributed by atoms with Gasteiger partial charge in [0.05, 0.1) is 16.8 Å². The molecule has 2 aromatic rings. The predicted molar refractivity (Wildman–Crippen MR) is 88.5 cm³/mol. The van der Waals surface area contributed by atoms with Gasteiger partial charge in [-0.15, -0.1) is 0 Å². The van der Waals surface area contributed by atoms with Crippen molar-refractivity contribution in [2.45, 2.75) is 39.2 Å². The van der Waals surface area contributed by atoms with Crippen LogP contribution in [0.4, 0.5) is 5.69 Å². The Morgan fingerprint density at radius 3 is 2.50 bits per heavy atom. The summed E-state index contributed by atoms with van der Waals surface area (Å²) in [6, 6.07) is 17.1. The van der Waals surface area contributed by atoms with Crippen LogP contribution in [0.15, 0.2) is 48.5 Å². The Morgan fingerprint density at radius 2 is 1.85 bits per heavy atom. The van der Waals surface area contributed by atoms with E-state index < -0.39 is 0 Å². The van der Waals surface area contributed by atoms with Crippen molar-refractivity contribution in [1.82, 2.24) is 0 Å². The molecule has 0 saturated carbocycles. The molecule has 1 atom stereocenters. The number of aryl methyl sites for hydroxylation is 1. The maximum atomic E-state index is 6.33. The first kappa shape index (κ1) is 14.9. The van der Waals surface area contributed by atoms with Crippen LogP contribution in [-0.2, 0) is 0 Å². The first-order valence-corrected chi connectivity index (χ1v) is 7.66. The van der Waals surface area contributed by atoms with Gasteiger partial charge in [0, 0.05) is 0 Å². The Morgan fingerprint density at radius 1 is 1.10 bits per heavy atom. The van der Waals surface area contributed by atoms with E-state index in [4.69, 9.17) is 11.6 Å². The number of hydrogen-bond acceptors (Lipinski definition) is 1. The quantitative estimate of drug-likeness (QED) is 0.688. The highest BCUT2D eigenvalue weighted by molar-refractivity contribution is 6.33. The van der Waals surface area contributed by atoms with Crippen LogP contribution >= 0.6 is 11.6 Å². The zero-order valence-electron chi connectivity index (χ0n) is 12.2. The Bertz CT molecular complexity index is 536. The van der Waals surface area contributed by atoms with E-state index in [1.165, 1.54) is 24.0 Å². The molecule has 1 nitrogen and oxygen atoms in total. The first-order chi connectivity index (χ1) is 9.70. The Labute approximate surface area is 127 Å². The summed E-state index contributed by atoms with van der Waals surface area (Å²) in [4.78, 5) is 0. The summed E-state index contributed by atoms with van der Waals surface area (Å²) in [6.07, 6.45) is 3.52. The second kappa shape index (κ2) is 7.35. The third-order valence-electron chi connectivity index (χ3n) is 3.50. The van der Waals surface area contributed by atoms with E-state index in [0.717, 1.165) is 17.1 Å². The van der Waals surface area contributed by atoms with Gasteiger partial charge in [-0.3, -0.25) is 0 Å². The van der Waals surface area contributed by atoms with Gasteiger partial charge in [0.1, 0.15) is 0 Å². The van der Waals surface area contributed by atoms with Gasteiger partial charge < -0.3 is 5.32 Å². The van der Waals surface area contributed by atoms with Crippen molar-refractivity contribution in [1.29, 1.82) is 0 Å². The van der Waals surface area contributed by atoms with E-state index in [1.54, 1.807) is 0 Å². The molecule has 2 aromatic carbocycles. The van der Waals surface area contributed by atoms with Crippen LogP contribution in [0.2, 0.25) is 5.02 Å². The highest BCUT2D eigenvalue weighted by Crippen LogP contribution is 2.29. The second-order valence-corrected chi connectivity index (χ2v) is 5.64. The van der Waals surface area contributed by atoms with Gasteiger partial charge in [-0.1, -0.05) is 67.8 Å². The lowest BCUT2D eigenvalue weighted by Crippen LogP contribution is -2.11. The predicted octanol–water partition coefficient (Wildman–Crippen LogP) is 5.99. The average Bonchev–Trinajstić information content (AvgIpc) is 2.46. The molecule has 0 aliphatic rings. The normalized spacial score (nSPS) is 12.2. The number of nitrogens with one attached hydrogen (secondary N) is 1. The number of unbranched alkanes of at least 4 members (excludes halogenated alkanes) is 1. The summed E-state index contributed by atoms with van der Waals surface area (Å²) in [5, 5.41) is 4.39. The Balaban J connectivity index is 2.19. The van der Waals surface area contributed by atoms with Crippen LogP contribution in [-0.4, -0.2) is 0 Å². The molecule has 0 saturated heterocycles. The Hall–Kier alpha value is -1.47. The molecule has 0 bridgehead atoms. The summed E-state index contributed by atoms with van der Waals surface area (Å²) < 4.78 is 0. The van der Waals surface area contributed by atoms with E-state index in [9.17, 15) is 0 Å². The van der Waals surface area contributed by atoms with Crippen molar-refractivity contribution >= 4 is 17.3 Å². The van der Waals surface area contributed by atoms with Gasteiger partial charge in [-0.05, 0) is 36.6 Å². The number of hydrogen-bond donors (Lipinski definition) is 1. The molecular formula is C18H22ClN. The molecule has 0 aliphatic heterocycles. The largest absolute Gasteiger partial charge is 0.377 e. The number of benzene rings is 2. The van der Waals surface area contributed by atoms with Crippen LogP contribution in [0.5, 0.6) is 0 Å². The number of halogens is 1. The molecule has 0 spiro atoms. The fraction of sp³-hybridized carbons (Fsp3) is 0.333. The molecule has 0 fully saturated rings. The fourth-order valence-electron chi connectivity index (χ4n) is 2.34. The van der Waals surface area contributed by atoms with Crippen LogP contribution in [0, 0.1) is 6.92 Å². The number of rotatable bonds is 6. The summed E-state index contributed by atoms with van der Waals surface area (Å²) in [5.41, 5.74) is 3.52. The van der Waals surface area contributed by atoms with Crippen LogP contribution < -0.4 is 5.32 Å². The zero-order chi connectivity index (χ0) is 14.4. The van der Waals surface area contributed by atoms with E-state index in [-0.39, 0.29) is 0 Å². The molecule has 1 unspecified atom stereocenters. The van der Waals surface area contributed by atoms with Crippen LogP contribution in [0.25, 0.3) is 0 Å². The minimum atomic E-state index is 0.316. The lowest BCUT2D eigenvalue weighted by molar-refractivity contribution is 0.634. The zero-order valence-corrected chi connectivity index (χ0v) is 13.0. The van der Waals surface area contributed by atoms with Gasteiger partial charge >= 0.3 is 0 Å². The van der Waals surface area contributed by atoms with Crippen molar-refractivity contribution in [2.24, 2.45) is 0 Å². The SMILES string of the molecule is CCCCC(Nc1ccc(C)cc1Cl)c1ccccc1. The summed E-state index contributed by atoms with van der Waals surface area (Å²) in [6.45, 7) is 4.28. The minimum absolute atomic E-state index is 0.316. The number of anilines is 1. The second-order valence-electron chi connectivity index (χ2n) is 5.23. The highest BCUT2D eigenvalue weighted by atomic mass is 35.5. The molecule has 106 valence electrons. The van der Waals surface area contributed by atoms with Gasteiger partial charge in [0.15, 0.2) is 0 Å². The van der Waals surface area contributed by atoms with E-state index in [0.29, 0.717) is 6.04 Å². The van der Waals surface area contributed by atoms with Gasteiger partial charge in [0.25, 0.3) is 0 Å². The van der Waals surface area contributed by atoms with E-state index in [1.807, 2.05) is 6.07 Å². The fourth-order valence-corrected chi connectivity index (χ4v) is 2.63. The smallest absolute Gasteiger partial charge is 0.0640 e.